The van der Waals surface area contributed by atoms with Gasteiger partial charge in [0.1, 0.15) is 5.65 Å². The summed E-state index contributed by atoms with van der Waals surface area (Å²) in [7, 11) is 1.97. The van der Waals surface area contributed by atoms with Gasteiger partial charge < -0.3 is 10.3 Å². The molecule has 3 nitrogen and oxygen atoms in total. The van der Waals surface area contributed by atoms with Gasteiger partial charge >= 0.3 is 0 Å². The monoisotopic (exact) mass is 215 g/mol. The van der Waals surface area contributed by atoms with Crippen molar-refractivity contribution in [3.63, 3.8) is 0 Å². The van der Waals surface area contributed by atoms with E-state index in [1.54, 1.807) is 6.20 Å². The van der Waals surface area contributed by atoms with E-state index in [9.17, 15) is 0 Å². The number of hydrogen-bond donors (Lipinski definition) is 2. The maximum atomic E-state index is 4.27. The van der Waals surface area contributed by atoms with Crippen LogP contribution in [0.5, 0.6) is 0 Å². The Morgan fingerprint density at radius 2 is 2.38 bits per heavy atom. The Morgan fingerprint density at radius 3 is 3.12 bits per heavy atom. The first-order valence-corrected chi connectivity index (χ1v) is 5.50. The number of fused-ring (bicyclic) bond motifs is 1. The van der Waals surface area contributed by atoms with E-state index in [1.807, 2.05) is 19.3 Å². The third kappa shape index (κ3) is 1.99. The second-order valence-corrected chi connectivity index (χ2v) is 4.04. The Kier molecular flexibility index (Phi) is 3.06. The van der Waals surface area contributed by atoms with Crippen LogP contribution in [0.2, 0.25) is 0 Å². The van der Waals surface area contributed by atoms with Crippen molar-refractivity contribution < 1.29 is 0 Å². The van der Waals surface area contributed by atoms with Crippen LogP contribution in [-0.2, 0) is 0 Å². The molecule has 1 atom stereocenters. The minimum absolute atomic E-state index is 0.390. The number of nitrogens with one attached hydrogen (secondary N) is 2. The van der Waals surface area contributed by atoms with Gasteiger partial charge in [0.15, 0.2) is 0 Å². The smallest absolute Gasteiger partial charge is 0.137 e. The van der Waals surface area contributed by atoms with Gasteiger partial charge in [-0.2, -0.15) is 0 Å². The van der Waals surface area contributed by atoms with Crippen LogP contribution >= 0.6 is 0 Å². The summed E-state index contributed by atoms with van der Waals surface area (Å²) in [6.07, 6.45) is 6.00. The van der Waals surface area contributed by atoms with Crippen LogP contribution in [0.15, 0.2) is 30.1 Å². The molecule has 84 valence electrons. The topological polar surface area (TPSA) is 40.7 Å². The van der Waals surface area contributed by atoms with Crippen LogP contribution in [-0.4, -0.2) is 23.1 Å². The van der Waals surface area contributed by atoms with Gasteiger partial charge in [-0.1, -0.05) is 11.6 Å². The number of pyridine rings is 1. The fourth-order valence-electron chi connectivity index (χ4n) is 1.69. The quantitative estimate of drug-likeness (QED) is 0.826. The SMILES string of the molecule is CNC(C)/C(C)=C/c1c[nH]c2ncccc12. The Balaban J connectivity index is 2.41. The number of aromatic amines is 1. The molecule has 0 spiro atoms. The van der Waals surface area contributed by atoms with Gasteiger partial charge in [-0.3, -0.25) is 0 Å². The summed E-state index contributed by atoms with van der Waals surface area (Å²) in [6.45, 7) is 4.29. The third-order valence-electron chi connectivity index (χ3n) is 2.98. The highest BCUT2D eigenvalue weighted by atomic mass is 14.9. The minimum Gasteiger partial charge on any atom is -0.346 e. The normalized spacial score (nSPS) is 14.3. The van der Waals surface area contributed by atoms with Crippen molar-refractivity contribution in [2.75, 3.05) is 7.05 Å². The number of likely N-dealkylation sites (N-methyl/N-ethyl adjacent to an activating group) is 1. The Labute approximate surface area is 95.6 Å². The summed E-state index contributed by atoms with van der Waals surface area (Å²) in [5.74, 6) is 0. The Morgan fingerprint density at radius 1 is 1.56 bits per heavy atom. The molecule has 16 heavy (non-hydrogen) atoms. The number of aromatic nitrogens is 2. The molecule has 2 aromatic rings. The highest BCUT2D eigenvalue weighted by Crippen LogP contribution is 2.19. The van der Waals surface area contributed by atoms with Gasteiger partial charge in [0.2, 0.25) is 0 Å². The molecule has 0 aliphatic rings. The summed E-state index contributed by atoms with van der Waals surface area (Å²) >= 11 is 0. The molecule has 2 N–H and O–H groups in total. The summed E-state index contributed by atoms with van der Waals surface area (Å²) < 4.78 is 0. The fourth-order valence-corrected chi connectivity index (χ4v) is 1.69. The molecule has 0 radical (unpaired) electrons. The van der Waals surface area contributed by atoms with E-state index in [0.29, 0.717) is 6.04 Å². The van der Waals surface area contributed by atoms with Crippen LogP contribution in [0.1, 0.15) is 19.4 Å². The number of hydrogen-bond acceptors (Lipinski definition) is 2. The molecule has 1 unspecified atom stereocenters. The molecule has 3 heteroatoms. The molecule has 0 aromatic carbocycles. The van der Waals surface area contributed by atoms with Crippen molar-refractivity contribution in [3.8, 4) is 0 Å². The maximum absolute atomic E-state index is 4.27. The van der Waals surface area contributed by atoms with Crippen LogP contribution in [0.4, 0.5) is 0 Å². The highest BCUT2D eigenvalue weighted by Gasteiger charge is 2.04. The molecule has 0 saturated carbocycles. The van der Waals surface area contributed by atoms with E-state index >= 15 is 0 Å². The summed E-state index contributed by atoms with van der Waals surface area (Å²) in [5, 5.41) is 4.40. The van der Waals surface area contributed by atoms with E-state index in [2.05, 4.69) is 41.3 Å². The highest BCUT2D eigenvalue weighted by molar-refractivity contribution is 5.86. The molecule has 2 aromatic heterocycles. The van der Waals surface area contributed by atoms with Crippen molar-refractivity contribution in [2.45, 2.75) is 19.9 Å². The maximum Gasteiger partial charge on any atom is 0.137 e. The molecule has 2 heterocycles. The van der Waals surface area contributed by atoms with Crippen molar-refractivity contribution in [1.82, 2.24) is 15.3 Å². The zero-order valence-electron chi connectivity index (χ0n) is 9.91. The van der Waals surface area contributed by atoms with E-state index in [0.717, 1.165) is 5.65 Å². The molecule has 0 aliphatic carbocycles. The van der Waals surface area contributed by atoms with E-state index in [1.165, 1.54) is 16.5 Å². The largest absolute Gasteiger partial charge is 0.346 e. The molecule has 0 saturated heterocycles. The van der Waals surface area contributed by atoms with E-state index in [-0.39, 0.29) is 0 Å². The summed E-state index contributed by atoms with van der Waals surface area (Å²) in [6, 6.07) is 4.44. The van der Waals surface area contributed by atoms with Crippen LogP contribution in [0, 0.1) is 0 Å². The Bertz CT molecular complexity index is 511. The van der Waals surface area contributed by atoms with Gasteiger partial charge in [0.05, 0.1) is 0 Å². The zero-order chi connectivity index (χ0) is 11.5. The lowest BCUT2D eigenvalue weighted by atomic mass is 10.1. The molecular formula is C13H17N3. The summed E-state index contributed by atoms with van der Waals surface area (Å²) in [5.41, 5.74) is 3.45. The van der Waals surface area contributed by atoms with E-state index < -0.39 is 0 Å². The van der Waals surface area contributed by atoms with Crippen molar-refractivity contribution in [2.24, 2.45) is 0 Å². The first-order valence-electron chi connectivity index (χ1n) is 5.50. The lowest BCUT2D eigenvalue weighted by molar-refractivity contribution is 0.696. The number of H-pyrrole nitrogens is 1. The van der Waals surface area contributed by atoms with E-state index in [4.69, 9.17) is 0 Å². The first-order chi connectivity index (χ1) is 7.72. The second kappa shape index (κ2) is 4.49. The standard InChI is InChI=1S/C13H17N3/c1-9(10(2)14-3)7-11-8-16-13-12(11)5-4-6-15-13/h4-8,10,14H,1-3H3,(H,15,16)/b9-7+. The minimum atomic E-state index is 0.390. The number of nitrogens with zero attached hydrogens (tertiary/aromatic N) is 1. The second-order valence-electron chi connectivity index (χ2n) is 4.04. The van der Waals surface area contributed by atoms with Gasteiger partial charge in [-0.05, 0) is 33.0 Å². The summed E-state index contributed by atoms with van der Waals surface area (Å²) in [4.78, 5) is 7.45. The van der Waals surface area contributed by atoms with Gasteiger partial charge in [-0.15, -0.1) is 0 Å². The molecule has 0 amide bonds. The third-order valence-corrected chi connectivity index (χ3v) is 2.98. The van der Waals surface area contributed by atoms with Crippen molar-refractivity contribution in [1.29, 1.82) is 0 Å². The first kappa shape index (κ1) is 10.9. The Hall–Kier alpha value is -1.61. The van der Waals surface area contributed by atoms with Crippen molar-refractivity contribution in [3.05, 3.63) is 35.7 Å². The molecule has 0 fully saturated rings. The molecule has 0 aliphatic heterocycles. The van der Waals surface area contributed by atoms with Crippen LogP contribution in [0.3, 0.4) is 0 Å². The lowest BCUT2D eigenvalue weighted by Gasteiger charge is -2.10. The van der Waals surface area contributed by atoms with Crippen molar-refractivity contribution >= 4 is 17.1 Å². The fraction of sp³-hybridized carbons (Fsp3) is 0.308. The zero-order valence-corrected chi connectivity index (χ0v) is 9.91. The van der Waals surface area contributed by atoms with Crippen LogP contribution < -0.4 is 5.32 Å². The van der Waals surface area contributed by atoms with Gasteiger partial charge in [0, 0.05) is 29.4 Å². The van der Waals surface area contributed by atoms with Gasteiger partial charge in [-0.25, -0.2) is 4.98 Å². The molecular weight excluding hydrogens is 198 g/mol. The molecule has 2 rings (SSSR count). The van der Waals surface area contributed by atoms with Crippen LogP contribution in [0.25, 0.3) is 17.1 Å². The van der Waals surface area contributed by atoms with Gasteiger partial charge in [0.25, 0.3) is 0 Å². The molecule has 0 bridgehead atoms. The number of rotatable bonds is 3. The predicted octanol–water partition coefficient (Wildman–Crippen LogP) is 2.57. The predicted molar refractivity (Wildman–Crippen MR) is 68.3 cm³/mol. The average Bonchev–Trinajstić information content (AvgIpc) is 2.72. The average molecular weight is 215 g/mol. The lowest BCUT2D eigenvalue weighted by Crippen LogP contribution is -2.21.